The van der Waals surface area contributed by atoms with E-state index in [2.05, 4.69) is 56.4 Å². The van der Waals surface area contributed by atoms with Gasteiger partial charge in [-0.2, -0.15) is 0 Å². The van der Waals surface area contributed by atoms with Gasteiger partial charge in [0.25, 0.3) is 5.91 Å². The summed E-state index contributed by atoms with van der Waals surface area (Å²) in [4.78, 5) is 15.2. The van der Waals surface area contributed by atoms with Crippen LogP contribution in [-0.2, 0) is 4.79 Å². The largest absolute Gasteiger partial charge is 0.497 e. The Hall–Kier alpha value is -3.47. The molecule has 1 heterocycles. The topological polar surface area (TPSA) is 50.8 Å². The molecule has 0 spiro atoms. The molecule has 0 radical (unpaired) electrons. The third kappa shape index (κ3) is 4.42. The summed E-state index contributed by atoms with van der Waals surface area (Å²) in [6.07, 6.45) is 0.819. The lowest BCUT2D eigenvalue weighted by Gasteiger charge is -2.41. The van der Waals surface area contributed by atoms with E-state index in [1.165, 1.54) is 5.56 Å². The molecule has 4 rings (SSSR count). The van der Waals surface area contributed by atoms with Crippen molar-refractivity contribution >= 4 is 17.3 Å². The number of carbonyl (C=O) groups is 1. The SMILES string of the molecule is COc1ccc(OCC(=O)N2c3c(C)cccc3C(Nc3ccccc3C)CC2C)cc1. The quantitative estimate of drug-likeness (QED) is 0.547. The van der Waals surface area contributed by atoms with E-state index in [-0.39, 0.29) is 24.6 Å². The molecule has 166 valence electrons. The van der Waals surface area contributed by atoms with Gasteiger partial charge in [-0.15, -0.1) is 0 Å². The highest BCUT2D eigenvalue weighted by Gasteiger charge is 2.35. The number of anilines is 2. The van der Waals surface area contributed by atoms with E-state index in [0.717, 1.165) is 34.7 Å². The summed E-state index contributed by atoms with van der Waals surface area (Å²) in [5.74, 6) is 1.36. The first-order valence-corrected chi connectivity index (χ1v) is 11.0. The van der Waals surface area contributed by atoms with E-state index in [1.807, 2.05) is 41.3 Å². The average molecular weight is 431 g/mol. The maximum atomic E-state index is 13.3. The van der Waals surface area contributed by atoms with Crippen LogP contribution in [0.1, 0.15) is 36.1 Å². The normalized spacial score (nSPS) is 17.4. The molecule has 1 amide bonds. The van der Waals surface area contributed by atoms with Gasteiger partial charge < -0.3 is 19.7 Å². The summed E-state index contributed by atoms with van der Waals surface area (Å²) < 4.78 is 11.0. The van der Waals surface area contributed by atoms with Crippen molar-refractivity contribution in [3.8, 4) is 11.5 Å². The number of nitrogens with zero attached hydrogens (tertiary/aromatic N) is 1. The number of fused-ring (bicyclic) bond motifs is 1. The molecule has 3 aromatic rings. The molecular formula is C27H30N2O3. The summed E-state index contributed by atoms with van der Waals surface area (Å²) >= 11 is 0. The third-order valence-electron chi connectivity index (χ3n) is 6.07. The van der Waals surface area contributed by atoms with Crippen molar-refractivity contribution in [3.05, 3.63) is 83.4 Å². The van der Waals surface area contributed by atoms with Gasteiger partial charge in [-0.25, -0.2) is 0 Å². The van der Waals surface area contributed by atoms with Crippen LogP contribution in [0.3, 0.4) is 0 Å². The van der Waals surface area contributed by atoms with Crippen LogP contribution in [-0.4, -0.2) is 25.7 Å². The van der Waals surface area contributed by atoms with E-state index in [1.54, 1.807) is 7.11 Å². The Kier molecular flexibility index (Phi) is 6.35. The fourth-order valence-corrected chi connectivity index (χ4v) is 4.40. The standard InChI is InChI=1S/C27H30N2O3/c1-18-8-5-6-11-24(18)28-25-16-20(3)29(27-19(2)9-7-10-23(25)27)26(30)17-32-22-14-12-21(31-4)13-15-22/h5-15,20,25,28H,16-17H2,1-4H3. The lowest BCUT2D eigenvalue weighted by atomic mass is 9.89. The van der Waals surface area contributed by atoms with Crippen LogP contribution in [0.25, 0.3) is 0 Å². The number of carbonyl (C=O) groups excluding carboxylic acids is 1. The fourth-order valence-electron chi connectivity index (χ4n) is 4.40. The predicted octanol–water partition coefficient (Wildman–Crippen LogP) is 5.67. The number of rotatable bonds is 6. The molecule has 2 atom stereocenters. The van der Waals surface area contributed by atoms with Gasteiger partial charge in [0.05, 0.1) is 18.8 Å². The Bertz CT molecular complexity index is 1090. The number of ether oxygens (including phenoxy) is 2. The second-order valence-corrected chi connectivity index (χ2v) is 8.34. The number of nitrogens with one attached hydrogen (secondary N) is 1. The summed E-state index contributed by atoms with van der Waals surface area (Å²) in [7, 11) is 1.62. The van der Waals surface area contributed by atoms with Crippen LogP contribution >= 0.6 is 0 Å². The molecule has 0 saturated heterocycles. The number of amides is 1. The van der Waals surface area contributed by atoms with E-state index >= 15 is 0 Å². The van der Waals surface area contributed by atoms with Crippen molar-refractivity contribution in [2.75, 3.05) is 23.9 Å². The molecule has 1 N–H and O–H groups in total. The lowest BCUT2D eigenvalue weighted by molar-refractivity contribution is -0.121. The molecule has 3 aromatic carbocycles. The van der Waals surface area contributed by atoms with Crippen LogP contribution < -0.4 is 19.7 Å². The zero-order valence-corrected chi connectivity index (χ0v) is 19.1. The van der Waals surface area contributed by atoms with Crippen molar-refractivity contribution in [2.24, 2.45) is 0 Å². The van der Waals surface area contributed by atoms with Crippen molar-refractivity contribution in [1.82, 2.24) is 0 Å². The molecule has 0 fully saturated rings. The van der Waals surface area contributed by atoms with Crippen molar-refractivity contribution in [3.63, 3.8) is 0 Å². The maximum absolute atomic E-state index is 13.3. The summed E-state index contributed by atoms with van der Waals surface area (Å²) in [5, 5.41) is 3.71. The van der Waals surface area contributed by atoms with E-state index in [4.69, 9.17) is 9.47 Å². The highest BCUT2D eigenvalue weighted by molar-refractivity contribution is 5.97. The molecule has 2 unspecified atom stereocenters. The number of hydrogen-bond donors (Lipinski definition) is 1. The zero-order chi connectivity index (χ0) is 22.7. The Labute approximate surface area is 190 Å². The first-order valence-electron chi connectivity index (χ1n) is 11.0. The van der Waals surface area contributed by atoms with Crippen LogP contribution in [0.15, 0.2) is 66.7 Å². The van der Waals surface area contributed by atoms with Crippen LogP contribution in [0.4, 0.5) is 11.4 Å². The fraction of sp³-hybridized carbons (Fsp3) is 0.296. The van der Waals surface area contributed by atoms with Gasteiger partial charge in [0.1, 0.15) is 11.5 Å². The highest BCUT2D eigenvalue weighted by Crippen LogP contribution is 2.41. The Balaban J connectivity index is 1.57. The van der Waals surface area contributed by atoms with Crippen molar-refractivity contribution in [2.45, 2.75) is 39.3 Å². The van der Waals surface area contributed by atoms with Gasteiger partial charge in [-0.1, -0.05) is 36.4 Å². The molecule has 0 saturated carbocycles. The van der Waals surface area contributed by atoms with E-state index < -0.39 is 0 Å². The second-order valence-electron chi connectivity index (χ2n) is 8.34. The van der Waals surface area contributed by atoms with E-state index in [9.17, 15) is 4.79 Å². The van der Waals surface area contributed by atoms with Crippen molar-refractivity contribution < 1.29 is 14.3 Å². The molecule has 5 nitrogen and oxygen atoms in total. The van der Waals surface area contributed by atoms with Crippen LogP contribution in [0, 0.1) is 13.8 Å². The maximum Gasteiger partial charge on any atom is 0.265 e. The molecule has 1 aliphatic rings. The van der Waals surface area contributed by atoms with Gasteiger partial charge in [-0.05, 0) is 74.2 Å². The van der Waals surface area contributed by atoms with Gasteiger partial charge in [0.15, 0.2) is 6.61 Å². The van der Waals surface area contributed by atoms with Gasteiger partial charge in [0.2, 0.25) is 0 Å². The van der Waals surface area contributed by atoms with Gasteiger partial charge in [-0.3, -0.25) is 4.79 Å². The smallest absolute Gasteiger partial charge is 0.265 e. The monoisotopic (exact) mass is 430 g/mol. The lowest BCUT2D eigenvalue weighted by Crippen LogP contribution is -2.46. The molecule has 5 heteroatoms. The molecule has 0 aliphatic carbocycles. The Morgan fingerprint density at radius 1 is 0.969 bits per heavy atom. The minimum atomic E-state index is -0.0433. The second kappa shape index (κ2) is 9.35. The average Bonchev–Trinajstić information content (AvgIpc) is 2.80. The minimum absolute atomic E-state index is 0.0136. The third-order valence-corrected chi connectivity index (χ3v) is 6.07. The Morgan fingerprint density at radius 2 is 1.66 bits per heavy atom. The summed E-state index contributed by atoms with van der Waals surface area (Å²) in [5.41, 5.74) is 5.55. The first-order chi connectivity index (χ1) is 15.5. The summed E-state index contributed by atoms with van der Waals surface area (Å²) in [6, 6.07) is 22.0. The number of aryl methyl sites for hydroxylation is 2. The van der Waals surface area contributed by atoms with Crippen molar-refractivity contribution in [1.29, 1.82) is 0 Å². The Morgan fingerprint density at radius 3 is 2.38 bits per heavy atom. The zero-order valence-electron chi connectivity index (χ0n) is 19.1. The van der Waals surface area contributed by atoms with Gasteiger partial charge >= 0.3 is 0 Å². The predicted molar refractivity (Wildman–Crippen MR) is 129 cm³/mol. The van der Waals surface area contributed by atoms with Crippen LogP contribution in [0.5, 0.6) is 11.5 Å². The number of para-hydroxylation sites is 2. The number of hydrogen-bond acceptors (Lipinski definition) is 4. The number of benzene rings is 3. The molecule has 0 bridgehead atoms. The minimum Gasteiger partial charge on any atom is -0.497 e. The highest BCUT2D eigenvalue weighted by atomic mass is 16.5. The van der Waals surface area contributed by atoms with Gasteiger partial charge in [0, 0.05) is 11.7 Å². The molecule has 1 aliphatic heterocycles. The van der Waals surface area contributed by atoms with Crippen LogP contribution in [0.2, 0.25) is 0 Å². The number of methoxy groups -OCH3 is 1. The van der Waals surface area contributed by atoms with E-state index in [0.29, 0.717) is 5.75 Å². The molecule has 0 aromatic heterocycles. The summed E-state index contributed by atoms with van der Waals surface area (Å²) in [6.45, 7) is 6.26. The first kappa shape index (κ1) is 21.8. The molecular weight excluding hydrogens is 400 g/mol. The molecule has 32 heavy (non-hydrogen) atoms.